The van der Waals surface area contributed by atoms with Crippen molar-refractivity contribution >= 4 is 16.9 Å². The van der Waals surface area contributed by atoms with Crippen molar-refractivity contribution in [3.05, 3.63) is 72.1 Å². The third-order valence-electron chi connectivity index (χ3n) is 4.44. The van der Waals surface area contributed by atoms with Crippen LogP contribution in [0.25, 0.3) is 22.6 Å². The second-order valence-electron chi connectivity index (χ2n) is 6.23. The molecule has 6 nitrogen and oxygen atoms in total. The maximum absolute atomic E-state index is 12.8. The van der Waals surface area contributed by atoms with Gasteiger partial charge in [-0.1, -0.05) is 12.1 Å². The van der Waals surface area contributed by atoms with E-state index < -0.39 is 0 Å². The number of ketones is 1. The number of aromatic nitrogens is 2. The quantitative estimate of drug-likeness (QED) is 0.468. The summed E-state index contributed by atoms with van der Waals surface area (Å²) in [5, 5.41) is 0. The van der Waals surface area contributed by atoms with Gasteiger partial charge in [0, 0.05) is 30.3 Å². The molecule has 0 atom stereocenters. The van der Waals surface area contributed by atoms with E-state index in [0.29, 0.717) is 34.1 Å². The lowest BCUT2D eigenvalue weighted by Gasteiger charge is -2.10. The zero-order valence-corrected chi connectivity index (χ0v) is 15.5. The van der Waals surface area contributed by atoms with Crippen LogP contribution < -0.4 is 9.47 Å². The maximum atomic E-state index is 12.8. The van der Waals surface area contributed by atoms with Crippen molar-refractivity contribution in [3.63, 3.8) is 0 Å². The highest BCUT2D eigenvalue weighted by molar-refractivity contribution is 6.00. The number of Topliss-reactive ketones (excluding diaryl/α,β-unsaturated/α-hetero) is 1. The molecule has 2 heterocycles. The minimum absolute atomic E-state index is 0.0431. The third-order valence-corrected chi connectivity index (χ3v) is 4.44. The summed E-state index contributed by atoms with van der Waals surface area (Å²) in [6, 6.07) is 14.5. The van der Waals surface area contributed by atoms with Gasteiger partial charge >= 0.3 is 0 Å². The number of pyridine rings is 1. The number of carbonyl (C=O) groups excluding carboxylic acids is 1. The van der Waals surface area contributed by atoms with E-state index in [0.717, 1.165) is 11.1 Å². The summed E-state index contributed by atoms with van der Waals surface area (Å²) in [5.74, 6) is 1.59. The van der Waals surface area contributed by atoms with Crippen LogP contribution in [0, 0.1) is 0 Å². The number of fused-ring (bicyclic) bond motifs is 1. The molecule has 0 spiro atoms. The van der Waals surface area contributed by atoms with Gasteiger partial charge < -0.3 is 13.9 Å². The Morgan fingerprint density at radius 1 is 1.07 bits per heavy atom. The molecule has 0 N–H and O–H groups in total. The first-order chi connectivity index (χ1) is 13.7. The summed E-state index contributed by atoms with van der Waals surface area (Å²) in [5.41, 5.74) is 3.56. The highest BCUT2D eigenvalue weighted by Crippen LogP contribution is 2.27. The Hall–Kier alpha value is -3.67. The Labute approximate surface area is 161 Å². The van der Waals surface area contributed by atoms with Gasteiger partial charge in [-0.2, -0.15) is 0 Å². The molecule has 0 radical (unpaired) electrons. The zero-order valence-electron chi connectivity index (χ0n) is 15.5. The summed E-state index contributed by atoms with van der Waals surface area (Å²) in [6.45, 7) is 0. The van der Waals surface area contributed by atoms with E-state index in [4.69, 9.17) is 13.9 Å². The van der Waals surface area contributed by atoms with Crippen LogP contribution in [0.15, 0.2) is 65.3 Å². The molecule has 0 bridgehead atoms. The largest absolute Gasteiger partial charge is 0.497 e. The number of carbonyl (C=O) groups is 1. The molecule has 140 valence electrons. The Kier molecular flexibility index (Phi) is 4.76. The molecule has 0 unspecified atom stereocenters. The van der Waals surface area contributed by atoms with Crippen LogP contribution in [0.3, 0.4) is 0 Å². The molecular formula is C22H18N2O4. The van der Waals surface area contributed by atoms with Crippen molar-refractivity contribution in [3.8, 4) is 23.0 Å². The fourth-order valence-corrected chi connectivity index (χ4v) is 3.03. The van der Waals surface area contributed by atoms with E-state index in [1.165, 1.54) is 7.11 Å². The number of ether oxygens (including phenoxy) is 2. The van der Waals surface area contributed by atoms with Gasteiger partial charge in [0.2, 0.25) is 5.89 Å². The van der Waals surface area contributed by atoms with Gasteiger partial charge in [0.15, 0.2) is 11.4 Å². The van der Waals surface area contributed by atoms with E-state index in [1.54, 1.807) is 43.8 Å². The smallest absolute Gasteiger partial charge is 0.227 e. The second-order valence-corrected chi connectivity index (χ2v) is 6.23. The fraction of sp³-hybridized carbons (Fsp3) is 0.136. The van der Waals surface area contributed by atoms with Crippen molar-refractivity contribution in [2.75, 3.05) is 14.2 Å². The van der Waals surface area contributed by atoms with E-state index >= 15 is 0 Å². The highest BCUT2D eigenvalue weighted by atomic mass is 16.5. The van der Waals surface area contributed by atoms with Gasteiger partial charge in [-0.3, -0.25) is 9.78 Å². The number of oxazole rings is 1. The Morgan fingerprint density at radius 2 is 1.96 bits per heavy atom. The molecule has 4 rings (SSSR count). The van der Waals surface area contributed by atoms with Crippen LogP contribution >= 0.6 is 0 Å². The third kappa shape index (κ3) is 3.44. The lowest BCUT2D eigenvalue weighted by Crippen LogP contribution is -2.06. The van der Waals surface area contributed by atoms with Crippen LogP contribution in [0.2, 0.25) is 0 Å². The minimum Gasteiger partial charge on any atom is -0.497 e. The van der Waals surface area contributed by atoms with Crippen molar-refractivity contribution in [1.29, 1.82) is 0 Å². The first-order valence-corrected chi connectivity index (χ1v) is 8.73. The minimum atomic E-state index is -0.0431. The molecule has 28 heavy (non-hydrogen) atoms. The Balaban J connectivity index is 1.61. The van der Waals surface area contributed by atoms with E-state index in [1.807, 2.05) is 24.3 Å². The molecule has 0 saturated heterocycles. The molecular weight excluding hydrogens is 356 g/mol. The molecule has 0 aliphatic heterocycles. The van der Waals surface area contributed by atoms with Gasteiger partial charge in [-0.25, -0.2) is 4.98 Å². The monoisotopic (exact) mass is 374 g/mol. The van der Waals surface area contributed by atoms with Gasteiger partial charge in [-0.05, 0) is 29.8 Å². The fourth-order valence-electron chi connectivity index (χ4n) is 3.03. The summed E-state index contributed by atoms with van der Waals surface area (Å²) >= 11 is 0. The highest BCUT2D eigenvalue weighted by Gasteiger charge is 2.15. The van der Waals surface area contributed by atoms with Crippen molar-refractivity contribution in [2.24, 2.45) is 0 Å². The number of rotatable bonds is 6. The van der Waals surface area contributed by atoms with Crippen molar-refractivity contribution in [2.45, 2.75) is 6.42 Å². The van der Waals surface area contributed by atoms with Crippen LogP contribution in [-0.2, 0) is 6.42 Å². The predicted molar refractivity (Wildman–Crippen MR) is 105 cm³/mol. The Morgan fingerprint density at radius 3 is 2.75 bits per heavy atom. The molecule has 6 heteroatoms. The number of methoxy groups -OCH3 is 2. The van der Waals surface area contributed by atoms with E-state index in [2.05, 4.69) is 9.97 Å². The van der Waals surface area contributed by atoms with Gasteiger partial charge in [0.25, 0.3) is 0 Å². The SMILES string of the molecule is COc1ccc(C(=O)Cc2cccc(-c3nc4cnccc4o3)c2)c(OC)c1. The lowest BCUT2D eigenvalue weighted by atomic mass is 10.0. The first-order valence-electron chi connectivity index (χ1n) is 8.73. The Bertz CT molecular complexity index is 1120. The molecule has 0 saturated carbocycles. The van der Waals surface area contributed by atoms with Gasteiger partial charge in [0.05, 0.1) is 26.0 Å². The lowest BCUT2D eigenvalue weighted by molar-refractivity contribution is 0.0990. The molecule has 0 aliphatic carbocycles. The topological polar surface area (TPSA) is 74.5 Å². The molecule has 0 fully saturated rings. The summed E-state index contributed by atoms with van der Waals surface area (Å²) in [7, 11) is 3.11. The zero-order chi connectivity index (χ0) is 19.5. The molecule has 0 amide bonds. The maximum Gasteiger partial charge on any atom is 0.227 e. The standard InChI is InChI=1S/C22H18N2O4/c1-26-16-6-7-17(21(12-16)27-2)19(25)11-14-4-3-5-15(10-14)22-24-18-13-23-9-8-20(18)28-22/h3-10,12-13H,11H2,1-2H3. The van der Waals surface area contributed by atoms with Gasteiger partial charge in [0.1, 0.15) is 17.0 Å². The van der Waals surface area contributed by atoms with Crippen LogP contribution in [-0.4, -0.2) is 30.0 Å². The summed E-state index contributed by atoms with van der Waals surface area (Å²) in [4.78, 5) is 21.3. The normalized spacial score (nSPS) is 10.8. The summed E-state index contributed by atoms with van der Waals surface area (Å²) < 4.78 is 16.3. The van der Waals surface area contributed by atoms with E-state index in [-0.39, 0.29) is 12.2 Å². The molecule has 2 aromatic carbocycles. The number of nitrogens with zero attached hydrogens (tertiary/aromatic N) is 2. The molecule has 0 aliphatic rings. The van der Waals surface area contributed by atoms with E-state index in [9.17, 15) is 4.79 Å². The average molecular weight is 374 g/mol. The second kappa shape index (κ2) is 7.52. The number of hydrogen-bond acceptors (Lipinski definition) is 6. The van der Waals surface area contributed by atoms with Crippen molar-refractivity contribution < 1.29 is 18.7 Å². The van der Waals surface area contributed by atoms with Crippen LogP contribution in [0.4, 0.5) is 0 Å². The molecule has 2 aromatic heterocycles. The van der Waals surface area contributed by atoms with Gasteiger partial charge in [-0.15, -0.1) is 0 Å². The summed E-state index contributed by atoms with van der Waals surface area (Å²) in [6.07, 6.45) is 3.55. The van der Waals surface area contributed by atoms with Crippen molar-refractivity contribution in [1.82, 2.24) is 9.97 Å². The average Bonchev–Trinajstić information content (AvgIpc) is 3.17. The van der Waals surface area contributed by atoms with Crippen LogP contribution in [0.1, 0.15) is 15.9 Å². The number of hydrogen-bond donors (Lipinski definition) is 0. The van der Waals surface area contributed by atoms with Crippen LogP contribution in [0.5, 0.6) is 11.5 Å². The number of benzene rings is 2. The predicted octanol–water partition coefficient (Wildman–Crippen LogP) is 4.33. The first kappa shape index (κ1) is 17.7. The molecule has 4 aromatic rings.